The van der Waals surface area contributed by atoms with Crippen LogP contribution in [0.15, 0.2) is 54.0 Å². The molecule has 1 aromatic carbocycles. The quantitative estimate of drug-likeness (QED) is 0.670. The van der Waals surface area contributed by atoms with Crippen molar-refractivity contribution >= 4 is 29.1 Å². The third-order valence-electron chi connectivity index (χ3n) is 7.55. The van der Waals surface area contributed by atoms with E-state index < -0.39 is 0 Å². The minimum absolute atomic E-state index is 0.00697. The Morgan fingerprint density at radius 1 is 1.00 bits per heavy atom. The molecule has 30 heavy (non-hydrogen) atoms. The third kappa shape index (κ3) is 3.07. The first kappa shape index (κ1) is 18.8. The Morgan fingerprint density at radius 2 is 1.63 bits per heavy atom. The van der Waals surface area contributed by atoms with Crippen LogP contribution in [0.5, 0.6) is 0 Å². The van der Waals surface area contributed by atoms with Gasteiger partial charge in [-0.1, -0.05) is 29.3 Å². The SMILES string of the molecule is O=C(NC12CC3CC(CC(C3)C1)C2)C1=C2C=CC=CN2C(c2cc(Cl)cc(Cl)c2)N1. The second-order valence-electron chi connectivity index (χ2n) is 9.77. The van der Waals surface area contributed by atoms with Gasteiger partial charge in [-0.2, -0.15) is 0 Å². The van der Waals surface area contributed by atoms with Crippen LogP contribution in [0.1, 0.15) is 50.3 Å². The number of nitrogens with zero attached hydrogens (tertiary/aromatic N) is 1. The maximum atomic E-state index is 13.5. The minimum Gasteiger partial charge on any atom is -0.355 e. The van der Waals surface area contributed by atoms with Gasteiger partial charge >= 0.3 is 0 Å². The van der Waals surface area contributed by atoms with Gasteiger partial charge in [-0.05, 0) is 92.2 Å². The molecule has 0 aromatic heterocycles. The van der Waals surface area contributed by atoms with Crippen LogP contribution < -0.4 is 10.6 Å². The number of fused-ring (bicyclic) bond motifs is 1. The van der Waals surface area contributed by atoms with Gasteiger partial charge < -0.3 is 15.5 Å². The second kappa shape index (κ2) is 6.80. The minimum atomic E-state index is -0.213. The largest absolute Gasteiger partial charge is 0.355 e. The van der Waals surface area contributed by atoms with Crippen molar-refractivity contribution in [3.63, 3.8) is 0 Å². The van der Waals surface area contributed by atoms with E-state index in [1.807, 2.05) is 36.6 Å². The van der Waals surface area contributed by atoms with E-state index in [1.54, 1.807) is 6.07 Å². The number of carbonyl (C=O) groups excluding carboxylic acids is 1. The van der Waals surface area contributed by atoms with E-state index in [9.17, 15) is 4.79 Å². The molecule has 4 aliphatic carbocycles. The van der Waals surface area contributed by atoms with Gasteiger partial charge in [0.1, 0.15) is 11.9 Å². The lowest BCUT2D eigenvalue weighted by Crippen LogP contribution is -2.60. The third-order valence-corrected chi connectivity index (χ3v) is 7.99. The molecule has 2 aliphatic heterocycles. The predicted molar refractivity (Wildman–Crippen MR) is 119 cm³/mol. The molecule has 4 nitrogen and oxygen atoms in total. The van der Waals surface area contributed by atoms with Crippen LogP contribution >= 0.6 is 23.2 Å². The van der Waals surface area contributed by atoms with Gasteiger partial charge in [0.25, 0.3) is 5.91 Å². The van der Waals surface area contributed by atoms with E-state index >= 15 is 0 Å². The Bertz CT molecular complexity index is 956. The first-order chi connectivity index (χ1) is 14.5. The van der Waals surface area contributed by atoms with Crippen LogP contribution in [-0.2, 0) is 4.79 Å². The molecule has 2 N–H and O–H groups in total. The molecule has 1 unspecified atom stereocenters. The number of hydrogen-bond acceptors (Lipinski definition) is 3. The summed E-state index contributed by atoms with van der Waals surface area (Å²) in [6.45, 7) is 0. The molecule has 2 heterocycles. The van der Waals surface area contributed by atoms with Crippen molar-refractivity contribution in [2.24, 2.45) is 17.8 Å². The maximum Gasteiger partial charge on any atom is 0.270 e. The molecule has 1 aromatic rings. The average Bonchev–Trinajstić information content (AvgIpc) is 3.06. The number of benzene rings is 1. The number of halogens is 2. The van der Waals surface area contributed by atoms with Gasteiger partial charge in [0.05, 0.1) is 5.70 Å². The summed E-state index contributed by atoms with van der Waals surface area (Å²) in [6, 6.07) is 5.52. The monoisotopic (exact) mass is 441 g/mol. The molecule has 0 spiro atoms. The summed E-state index contributed by atoms with van der Waals surface area (Å²) in [7, 11) is 0. The lowest BCUT2D eigenvalue weighted by molar-refractivity contribution is -0.123. The molecule has 1 amide bonds. The van der Waals surface area contributed by atoms with Gasteiger partial charge in [-0.25, -0.2) is 0 Å². The maximum absolute atomic E-state index is 13.5. The Morgan fingerprint density at radius 3 is 2.27 bits per heavy atom. The summed E-state index contributed by atoms with van der Waals surface area (Å²) in [4.78, 5) is 15.6. The Balaban J connectivity index is 1.29. The molecule has 7 rings (SSSR count). The van der Waals surface area contributed by atoms with E-state index in [4.69, 9.17) is 23.2 Å². The van der Waals surface area contributed by atoms with E-state index in [1.165, 1.54) is 19.3 Å². The van der Waals surface area contributed by atoms with Crippen LogP contribution in [0, 0.1) is 17.8 Å². The van der Waals surface area contributed by atoms with Gasteiger partial charge in [0.2, 0.25) is 0 Å². The predicted octanol–water partition coefficient (Wildman–Crippen LogP) is 5.28. The van der Waals surface area contributed by atoms with Crippen molar-refractivity contribution in [2.45, 2.75) is 50.2 Å². The van der Waals surface area contributed by atoms with Crippen LogP contribution in [-0.4, -0.2) is 16.3 Å². The van der Waals surface area contributed by atoms with Crippen LogP contribution in [0.3, 0.4) is 0 Å². The van der Waals surface area contributed by atoms with E-state index in [0.29, 0.717) is 15.7 Å². The van der Waals surface area contributed by atoms with Gasteiger partial charge in [0, 0.05) is 21.8 Å². The molecule has 6 heteroatoms. The number of allylic oxidation sites excluding steroid dienone is 3. The fraction of sp³-hybridized carbons (Fsp3) is 0.458. The zero-order valence-electron chi connectivity index (χ0n) is 16.7. The zero-order valence-corrected chi connectivity index (χ0v) is 18.2. The van der Waals surface area contributed by atoms with Crippen molar-refractivity contribution in [2.75, 3.05) is 0 Å². The van der Waals surface area contributed by atoms with Crippen molar-refractivity contribution in [3.8, 4) is 0 Å². The van der Waals surface area contributed by atoms with Crippen molar-refractivity contribution in [3.05, 3.63) is 69.6 Å². The lowest BCUT2D eigenvalue weighted by Gasteiger charge is -2.56. The molecule has 6 aliphatic rings. The highest BCUT2D eigenvalue weighted by atomic mass is 35.5. The fourth-order valence-electron chi connectivity index (χ4n) is 6.90. The molecule has 0 saturated heterocycles. The molecular formula is C24H25Cl2N3O. The molecule has 0 radical (unpaired) electrons. The van der Waals surface area contributed by atoms with Crippen LogP contribution in [0.25, 0.3) is 0 Å². The highest BCUT2D eigenvalue weighted by Gasteiger charge is 2.52. The summed E-state index contributed by atoms with van der Waals surface area (Å²) in [5, 5.41) is 8.13. The summed E-state index contributed by atoms with van der Waals surface area (Å²) >= 11 is 12.5. The zero-order chi connectivity index (χ0) is 20.5. The standard InChI is InChI=1S/C24H25Cl2N3O/c25-18-8-17(9-19(26)10-18)22-27-21(20-3-1-2-4-29(20)22)23(30)28-24-11-14-5-15(12-24)7-16(6-14)13-24/h1-4,8-10,14-16,22,27H,5-7,11-13H2,(H,28,30). The van der Waals surface area contributed by atoms with Crippen molar-refractivity contribution < 1.29 is 4.79 Å². The van der Waals surface area contributed by atoms with Gasteiger partial charge in [0.15, 0.2) is 0 Å². The van der Waals surface area contributed by atoms with Gasteiger partial charge in [-0.15, -0.1) is 0 Å². The first-order valence-electron chi connectivity index (χ1n) is 10.9. The number of amides is 1. The number of hydrogen-bond donors (Lipinski definition) is 2. The van der Waals surface area contributed by atoms with E-state index in [2.05, 4.69) is 15.5 Å². The second-order valence-corrected chi connectivity index (χ2v) is 10.6. The summed E-state index contributed by atoms with van der Waals surface area (Å²) in [5.41, 5.74) is 2.44. The Kier molecular flexibility index (Phi) is 4.26. The van der Waals surface area contributed by atoms with Crippen LogP contribution in [0.2, 0.25) is 10.0 Å². The fourth-order valence-corrected chi connectivity index (χ4v) is 7.44. The van der Waals surface area contributed by atoms with E-state index in [-0.39, 0.29) is 17.6 Å². The Labute approximate surface area is 187 Å². The smallest absolute Gasteiger partial charge is 0.270 e. The summed E-state index contributed by atoms with van der Waals surface area (Å²) < 4.78 is 0. The molecule has 156 valence electrons. The van der Waals surface area contributed by atoms with Gasteiger partial charge in [-0.3, -0.25) is 4.79 Å². The molecule has 4 fully saturated rings. The highest BCUT2D eigenvalue weighted by Crippen LogP contribution is 2.55. The molecule has 4 bridgehead atoms. The molecule has 1 atom stereocenters. The molecular weight excluding hydrogens is 417 g/mol. The number of carbonyl (C=O) groups is 1. The number of nitrogens with one attached hydrogen (secondary N) is 2. The van der Waals surface area contributed by atoms with Crippen LogP contribution in [0.4, 0.5) is 0 Å². The topological polar surface area (TPSA) is 44.4 Å². The summed E-state index contributed by atoms with van der Waals surface area (Å²) in [6.07, 6.45) is 15.2. The van der Waals surface area contributed by atoms with E-state index in [0.717, 1.165) is 48.3 Å². The van der Waals surface area contributed by atoms with Crippen molar-refractivity contribution in [1.29, 1.82) is 0 Å². The van der Waals surface area contributed by atoms with Crippen molar-refractivity contribution in [1.82, 2.24) is 15.5 Å². The Hall–Kier alpha value is -1.91. The average molecular weight is 442 g/mol. The highest BCUT2D eigenvalue weighted by molar-refractivity contribution is 6.34. The first-order valence-corrected chi connectivity index (χ1v) is 11.7. The number of rotatable bonds is 3. The lowest BCUT2D eigenvalue weighted by atomic mass is 9.53. The summed E-state index contributed by atoms with van der Waals surface area (Å²) in [5.74, 6) is 2.39. The molecule has 4 saturated carbocycles. The normalized spacial score (nSPS) is 35.6.